The average molecular weight is 314 g/mol. The van der Waals surface area contributed by atoms with Gasteiger partial charge in [-0.15, -0.1) is 0 Å². The van der Waals surface area contributed by atoms with Crippen LogP contribution in [0.5, 0.6) is 0 Å². The van der Waals surface area contributed by atoms with Gasteiger partial charge in [-0.2, -0.15) is 0 Å². The number of halogens is 3. The third-order valence-corrected chi connectivity index (χ3v) is 3.73. The Morgan fingerprint density at radius 2 is 1.85 bits per heavy atom. The van der Waals surface area contributed by atoms with Gasteiger partial charge >= 0.3 is 0 Å². The number of aromatic nitrogens is 1. The highest BCUT2D eigenvalue weighted by Crippen LogP contribution is 2.21. The van der Waals surface area contributed by atoms with Crippen LogP contribution in [-0.2, 0) is 12.8 Å². The lowest BCUT2D eigenvalue weighted by atomic mass is 10.00. The Balaban J connectivity index is 2.11. The minimum Gasteiger partial charge on any atom is -0.271 e. The highest BCUT2D eigenvalue weighted by molar-refractivity contribution is 6.31. The second kappa shape index (κ2) is 6.99. The number of hydrogen-bond donors (Lipinski definition) is 2. The number of nitrogens with two attached hydrogens (primary N) is 1. The molecule has 0 saturated carbocycles. The zero-order chi connectivity index (χ0) is 14.5. The SMILES string of the molecule is NNC(Cc1ccncc1Cl)Cc1ccc(F)cc1Cl. The van der Waals surface area contributed by atoms with E-state index in [9.17, 15) is 4.39 Å². The van der Waals surface area contributed by atoms with Crippen LogP contribution in [0.15, 0.2) is 36.7 Å². The Morgan fingerprint density at radius 1 is 1.15 bits per heavy atom. The van der Waals surface area contributed by atoms with Crippen molar-refractivity contribution in [3.8, 4) is 0 Å². The molecule has 1 unspecified atom stereocenters. The fourth-order valence-corrected chi connectivity index (χ4v) is 2.42. The van der Waals surface area contributed by atoms with Crippen LogP contribution in [0.25, 0.3) is 0 Å². The third kappa shape index (κ3) is 3.90. The van der Waals surface area contributed by atoms with Gasteiger partial charge in [0.05, 0.1) is 5.02 Å². The van der Waals surface area contributed by atoms with Gasteiger partial charge in [0.2, 0.25) is 0 Å². The molecule has 1 aromatic heterocycles. The van der Waals surface area contributed by atoms with E-state index in [1.54, 1.807) is 18.5 Å². The third-order valence-electron chi connectivity index (χ3n) is 3.04. The molecule has 1 atom stereocenters. The summed E-state index contributed by atoms with van der Waals surface area (Å²) in [5.41, 5.74) is 4.52. The monoisotopic (exact) mass is 313 g/mol. The lowest BCUT2D eigenvalue weighted by molar-refractivity contribution is 0.522. The number of nitrogens with zero attached hydrogens (tertiary/aromatic N) is 1. The molecule has 0 bridgehead atoms. The van der Waals surface area contributed by atoms with Crippen LogP contribution in [-0.4, -0.2) is 11.0 Å². The maximum absolute atomic E-state index is 13.0. The lowest BCUT2D eigenvalue weighted by Gasteiger charge is -2.17. The van der Waals surface area contributed by atoms with Crippen LogP contribution in [0.2, 0.25) is 10.0 Å². The molecule has 0 aliphatic carbocycles. The zero-order valence-corrected chi connectivity index (χ0v) is 12.1. The molecule has 106 valence electrons. The van der Waals surface area contributed by atoms with E-state index in [1.807, 2.05) is 6.07 Å². The first-order chi connectivity index (χ1) is 9.60. The molecule has 3 N–H and O–H groups in total. The summed E-state index contributed by atoms with van der Waals surface area (Å²) in [7, 11) is 0. The van der Waals surface area contributed by atoms with Crippen molar-refractivity contribution in [2.45, 2.75) is 18.9 Å². The molecule has 0 radical (unpaired) electrons. The van der Waals surface area contributed by atoms with Crippen molar-refractivity contribution in [2.75, 3.05) is 0 Å². The molecule has 0 fully saturated rings. The van der Waals surface area contributed by atoms with Gasteiger partial charge in [-0.05, 0) is 42.2 Å². The summed E-state index contributed by atoms with van der Waals surface area (Å²) in [6.45, 7) is 0. The van der Waals surface area contributed by atoms with Gasteiger partial charge in [0, 0.05) is 23.5 Å². The van der Waals surface area contributed by atoms with E-state index < -0.39 is 0 Å². The normalized spacial score (nSPS) is 12.4. The maximum atomic E-state index is 13.0. The number of nitrogens with one attached hydrogen (secondary N) is 1. The Bertz CT molecular complexity index is 592. The van der Waals surface area contributed by atoms with Crippen molar-refractivity contribution in [1.29, 1.82) is 0 Å². The smallest absolute Gasteiger partial charge is 0.124 e. The second-order valence-corrected chi connectivity index (χ2v) is 5.29. The summed E-state index contributed by atoms with van der Waals surface area (Å²) in [5, 5.41) is 0.990. The van der Waals surface area contributed by atoms with E-state index in [2.05, 4.69) is 10.4 Å². The summed E-state index contributed by atoms with van der Waals surface area (Å²) >= 11 is 12.1. The molecule has 1 heterocycles. The van der Waals surface area contributed by atoms with Crippen molar-refractivity contribution >= 4 is 23.2 Å². The van der Waals surface area contributed by atoms with Gasteiger partial charge in [-0.3, -0.25) is 16.3 Å². The van der Waals surface area contributed by atoms with Gasteiger partial charge in [0.1, 0.15) is 5.82 Å². The Hall–Kier alpha value is -1.20. The van der Waals surface area contributed by atoms with Crippen molar-refractivity contribution in [2.24, 2.45) is 5.84 Å². The fraction of sp³-hybridized carbons (Fsp3) is 0.214. The molecule has 2 aromatic rings. The van der Waals surface area contributed by atoms with Crippen LogP contribution in [0.3, 0.4) is 0 Å². The zero-order valence-electron chi connectivity index (χ0n) is 10.6. The van der Waals surface area contributed by atoms with Crippen LogP contribution in [0, 0.1) is 5.82 Å². The van der Waals surface area contributed by atoms with Crippen molar-refractivity contribution in [3.63, 3.8) is 0 Å². The van der Waals surface area contributed by atoms with E-state index in [-0.39, 0.29) is 11.9 Å². The minimum absolute atomic E-state index is 0.0575. The molecular weight excluding hydrogens is 300 g/mol. The highest BCUT2D eigenvalue weighted by atomic mass is 35.5. The molecule has 2 rings (SSSR count). The molecule has 3 nitrogen and oxygen atoms in total. The lowest BCUT2D eigenvalue weighted by Crippen LogP contribution is -2.38. The minimum atomic E-state index is -0.354. The van der Waals surface area contributed by atoms with Gasteiger partial charge in [-0.1, -0.05) is 29.3 Å². The number of hydrazine groups is 1. The number of hydrogen-bond acceptors (Lipinski definition) is 3. The van der Waals surface area contributed by atoms with Gasteiger partial charge in [0.15, 0.2) is 0 Å². The summed E-state index contributed by atoms with van der Waals surface area (Å²) in [6, 6.07) is 6.13. The molecule has 0 aliphatic heterocycles. The average Bonchev–Trinajstić information content (AvgIpc) is 2.43. The Labute approximate surface area is 126 Å². The topological polar surface area (TPSA) is 50.9 Å². The van der Waals surface area contributed by atoms with E-state index in [0.29, 0.717) is 22.9 Å². The Kier molecular flexibility index (Phi) is 5.31. The largest absolute Gasteiger partial charge is 0.271 e. The van der Waals surface area contributed by atoms with E-state index in [1.165, 1.54) is 12.1 Å². The van der Waals surface area contributed by atoms with E-state index >= 15 is 0 Å². The summed E-state index contributed by atoms with van der Waals surface area (Å²) in [6.07, 6.45) is 4.48. The van der Waals surface area contributed by atoms with Crippen molar-refractivity contribution in [3.05, 3.63) is 63.6 Å². The van der Waals surface area contributed by atoms with E-state index in [4.69, 9.17) is 29.0 Å². The molecule has 1 aromatic carbocycles. The van der Waals surface area contributed by atoms with Gasteiger partial charge in [0.25, 0.3) is 0 Å². The Morgan fingerprint density at radius 3 is 2.45 bits per heavy atom. The predicted molar refractivity (Wildman–Crippen MR) is 79.2 cm³/mol. The molecule has 20 heavy (non-hydrogen) atoms. The second-order valence-electron chi connectivity index (χ2n) is 4.47. The number of benzene rings is 1. The molecule has 6 heteroatoms. The summed E-state index contributed by atoms with van der Waals surface area (Å²) in [4.78, 5) is 3.94. The van der Waals surface area contributed by atoms with Crippen molar-refractivity contribution in [1.82, 2.24) is 10.4 Å². The van der Waals surface area contributed by atoms with Crippen LogP contribution >= 0.6 is 23.2 Å². The first-order valence-electron chi connectivity index (χ1n) is 6.08. The highest BCUT2D eigenvalue weighted by Gasteiger charge is 2.13. The fourth-order valence-electron chi connectivity index (χ4n) is 1.98. The molecule has 0 amide bonds. The summed E-state index contributed by atoms with van der Waals surface area (Å²) in [5.74, 6) is 5.22. The molecular formula is C14H14Cl2FN3. The molecule has 0 saturated heterocycles. The summed E-state index contributed by atoms with van der Waals surface area (Å²) < 4.78 is 13.0. The molecule has 0 aliphatic rings. The van der Waals surface area contributed by atoms with Gasteiger partial charge < -0.3 is 0 Å². The van der Waals surface area contributed by atoms with Crippen LogP contribution in [0.4, 0.5) is 4.39 Å². The van der Waals surface area contributed by atoms with Crippen LogP contribution in [0.1, 0.15) is 11.1 Å². The number of pyridine rings is 1. The molecule has 0 spiro atoms. The first kappa shape index (κ1) is 15.2. The quantitative estimate of drug-likeness (QED) is 0.658. The van der Waals surface area contributed by atoms with Crippen molar-refractivity contribution < 1.29 is 4.39 Å². The predicted octanol–water partition coefficient (Wildman–Crippen LogP) is 3.14. The van der Waals surface area contributed by atoms with Gasteiger partial charge in [-0.25, -0.2) is 4.39 Å². The van der Waals surface area contributed by atoms with E-state index in [0.717, 1.165) is 11.1 Å². The van der Waals surface area contributed by atoms with Crippen LogP contribution < -0.4 is 11.3 Å². The number of rotatable bonds is 5. The first-order valence-corrected chi connectivity index (χ1v) is 6.84. The standard InChI is InChI=1S/C14H14Cl2FN3/c15-13-7-11(17)2-1-9(13)5-12(20-18)6-10-3-4-19-8-14(10)16/h1-4,7-8,12,20H,5-6,18H2. The maximum Gasteiger partial charge on any atom is 0.124 e.